The lowest BCUT2D eigenvalue weighted by molar-refractivity contribution is -0.113. The summed E-state index contributed by atoms with van der Waals surface area (Å²) in [6, 6.07) is 19.4. The van der Waals surface area contributed by atoms with E-state index in [1.807, 2.05) is 66.0 Å². The Morgan fingerprint density at radius 1 is 0.958 bits per heavy atom. The van der Waals surface area contributed by atoms with Crippen LogP contribution in [0.5, 0.6) is 0 Å². The van der Waals surface area contributed by atoms with E-state index in [2.05, 4.69) is 9.98 Å². The zero-order valence-electron chi connectivity index (χ0n) is 12.7. The summed E-state index contributed by atoms with van der Waals surface area (Å²) in [5, 5.41) is 2.48. The minimum Gasteiger partial charge on any atom is -0.266 e. The van der Waals surface area contributed by atoms with Crippen LogP contribution in [0.3, 0.4) is 0 Å². The molecule has 0 bridgehead atoms. The lowest BCUT2D eigenvalue weighted by Crippen LogP contribution is -2.32. The van der Waals surface area contributed by atoms with E-state index in [0.29, 0.717) is 16.7 Å². The maximum Gasteiger partial charge on any atom is 0.284 e. The molecule has 5 heteroatoms. The molecular weight excluding hydrogens is 318 g/mol. The Morgan fingerprint density at radius 2 is 1.67 bits per heavy atom. The third-order valence-electron chi connectivity index (χ3n) is 3.61. The third-order valence-corrected chi connectivity index (χ3v) is 4.36. The van der Waals surface area contributed by atoms with Crippen LogP contribution < -0.4 is 4.90 Å². The number of amidine groups is 1. The highest BCUT2D eigenvalue weighted by atomic mass is 32.1. The van der Waals surface area contributed by atoms with Gasteiger partial charge in [0.1, 0.15) is 11.5 Å². The van der Waals surface area contributed by atoms with Gasteiger partial charge in [0.05, 0.1) is 0 Å². The average molecular weight is 331 g/mol. The second-order valence-corrected chi connectivity index (χ2v) is 6.07. The van der Waals surface area contributed by atoms with Crippen molar-refractivity contribution in [3.8, 4) is 0 Å². The SMILES string of the molecule is O=C1/C(=C\c2ccccc2)N=C(c2ccccc2)N1c1nccs1. The van der Waals surface area contributed by atoms with E-state index in [-0.39, 0.29) is 5.91 Å². The summed E-state index contributed by atoms with van der Waals surface area (Å²) in [4.78, 5) is 23.4. The number of carbonyl (C=O) groups is 1. The summed E-state index contributed by atoms with van der Waals surface area (Å²) < 4.78 is 0. The number of aliphatic imine (C=N–C) groups is 1. The lowest BCUT2D eigenvalue weighted by Gasteiger charge is -2.14. The Bertz CT molecular complexity index is 916. The number of aromatic nitrogens is 1. The zero-order chi connectivity index (χ0) is 16.4. The summed E-state index contributed by atoms with van der Waals surface area (Å²) in [6.07, 6.45) is 3.49. The number of hydrogen-bond donors (Lipinski definition) is 0. The molecule has 0 unspecified atom stereocenters. The van der Waals surface area contributed by atoms with E-state index in [4.69, 9.17) is 0 Å². The van der Waals surface area contributed by atoms with Gasteiger partial charge >= 0.3 is 0 Å². The number of hydrogen-bond acceptors (Lipinski definition) is 4. The van der Waals surface area contributed by atoms with E-state index in [9.17, 15) is 4.79 Å². The maximum atomic E-state index is 12.9. The Balaban J connectivity index is 1.82. The van der Waals surface area contributed by atoms with Crippen LogP contribution in [0.2, 0.25) is 0 Å². The molecule has 116 valence electrons. The number of rotatable bonds is 3. The molecule has 1 aromatic heterocycles. The minimum atomic E-state index is -0.160. The second-order valence-electron chi connectivity index (χ2n) is 5.20. The van der Waals surface area contributed by atoms with Gasteiger partial charge in [-0.05, 0) is 11.6 Å². The quantitative estimate of drug-likeness (QED) is 0.682. The van der Waals surface area contributed by atoms with Crippen LogP contribution >= 0.6 is 11.3 Å². The fraction of sp³-hybridized carbons (Fsp3) is 0. The number of anilines is 1. The summed E-state index contributed by atoms with van der Waals surface area (Å²) in [7, 11) is 0. The number of thiazole rings is 1. The van der Waals surface area contributed by atoms with Crippen molar-refractivity contribution in [1.82, 2.24) is 4.98 Å². The van der Waals surface area contributed by atoms with Crippen LogP contribution in [0, 0.1) is 0 Å². The lowest BCUT2D eigenvalue weighted by atomic mass is 10.2. The van der Waals surface area contributed by atoms with Gasteiger partial charge in [-0.1, -0.05) is 60.7 Å². The molecule has 2 aromatic carbocycles. The van der Waals surface area contributed by atoms with Crippen molar-refractivity contribution >= 4 is 34.3 Å². The normalized spacial score (nSPS) is 15.8. The van der Waals surface area contributed by atoms with Gasteiger partial charge in [-0.2, -0.15) is 0 Å². The molecule has 0 saturated carbocycles. The summed E-state index contributed by atoms with van der Waals surface area (Å²) >= 11 is 1.42. The van der Waals surface area contributed by atoms with E-state index < -0.39 is 0 Å². The highest BCUT2D eigenvalue weighted by molar-refractivity contribution is 7.14. The molecule has 4 rings (SSSR count). The van der Waals surface area contributed by atoms with E-state index in [1.54, 1.807) is 17.2 Å². The van der Waals surface area contributed by atoms with Gasteiger partial charge in [0.2, 0.25) is 0 Å². The smallest absolute Gasteiger partial charge is 0.266 e. The highest BCUT2D eigenvalue weighted by Gasteiger charge is 2.33. The molecule has 1 aliphatic heterocycles. The first-order valence-electron chi connectivity index (χ1n) is 7.48. The molecule has 0 N–H and O–H groups in total. The Morgan fingerprint density at radius 3 is 2.33 bits per heavy atom. The molecule has 0 aliphatic carbocycles. The van der Waals surface area contributed by atoms with Crippen LogP contribution in [0.25, 0.3) is 6.08 Å². The minimum absolute atomic E-state index is 0.160. The molecule has 0 radical (unpaired) electrons. The fourth-order valence-electron chi connectivity index (χ4n) is 2.51. The Hall–Kier alpha value is -3.05. The molecule has 0 saturated heterocycles. The maximum absolute atomic E-state index is 12.9. The van der Waals surface area contributed by atoms with Crippen LogP contribution in [0.15, 0.2) is 82.9 Å². The van der Waals surface area contributed by atoms with Crippen molar-refractivity contribution in [2.24, 2.45) is 4.99 Å². The predicted octanol–water partition coefficient (Wildman–Crippen LogP) is 3.98. The fourth-order valence-corrected chi connectivity index (χ4v) is 3.15. The number of carbonyl (C=O) groups excluding carboxylic acids is 1. The first kappa shape index (κ1) is 14.5. The number of amides is 1. The summed E-state index contributed by atoms with van der Waals surface area (Å²) in [6.45, 7) is 0. The van der Waals surface area contributed by atoms with Gasteiger partial charge in [-0.15, -0.1) is 11.3 Å². The van der Waals surface area contributed by atoms with Gasteiger partial charge < -0.3 is 0 Å². The van der Waals surface area contributed by atoms with Crippen LogP contribution in [-0.2, 0) is 4.79 Å². The predicted molar refractivity (Wildman–Crippen MR) is 97.0 cm³/mol. The first-order valence-corrected chi connectivity index (χ1v) is 8.36. The molecular formula is C19H13N3OS. The molecule has 4 nitrogen and oxygen atoms in total. The van der Waals surface area contributed by atoms with E-state index in [1.165, 1.54) is 11.3 Å². The second kappa shape index (κ2) is 6.22. The molecule has 1 aliphatic rings. The zero-order valence-corrected chi connectivity index (χ0v) is 13.5. The van der Waals surface area contributed by atoms with Crippen molar-refractivity contribution in [3.05, 3.63) is 89.1 Å². The molecule has 2 heterocycles. The monoisotopic (exact) mass is 331 g/mol. The largest absolute Gasteiger partial charge is 0.284 e. The van der Waals surface area contributed by atoms with Gasteiger partial charge in [0.25, 0.3) is 5.91 Å². The van der Waals surface area contributed by atoms with Crippen LogP contribution in [0.1, 0.15) is 11.1 Å². The van der Waals surface area contributed by atoms with Crippen molar-refractivity contribution in [3.63, 3.8) is 0 Å². The summed E-state index contributed by atoms with van der Waals surface area (Å²) in [5.74, 6) is 0.449. The standard InChI is InChI=1S/C19H13N3OS/c23-18-16(13-14-7-3-1-4-8-14)21-17(15-9-5-2-6-10-15)22(18)19-20-11-12-24-19/h1-13H/b16-13+. The molecule has 0 fully saturated rings. The average Bonchev–Trinajstić information content (AvgIpc) is 3.25. The van der Waals surface area contributed by atoms with Gasteiger partial charge in [0.15, 0.2) is 5.13 Å². The van der Waals surface area contributed by atoms with Crippen molar-refractivity contribution in [2.75, 3.05) is 4.90 Å². The number of benzene rings is 2. The number of nitrogens with zero attached hydrogens (tertiary/aromatic N) is 3. The van der Waals surface area contributed by atoms with Crippen LogP contribution in [0.4, 0.5) is 5.13 Å². The van der Waals surface area contributed by atoms with Crippen LogP contribution in [-0.4, -0.2) is 16.7 Å². The molecule has 0 spiro atoms. The van der Waals surface area contributed by atoms with E-state index >= 15 is 0 Å². The summed E-state index contributed by atoms with van der Waals surface area (Å²) in [5.41, 5.74) is 2.24. The molecule has 0 atom stereocenters. The molecule has 3 aromatic rings. The van der Waals surface area contributed by atoms with Crippen molar-refractivity contribution in [2.45, 2.75) is 0 Å². The van der Waals surface area contributed by atoms with Gasteiger partial charge in [0, 0.05) is 17.1 Å². The first-order chi connectivity index (χ1) is 11.8. The molecule has 24 heavy (non-hydrogen) atoms. The topological polar surface area (TPSA) is 45.6 Å². The Kier molecular flexibility index (Phi) is 3.76. The van der Waals surface area contributed by atoms with Gasteiger partial charge in [-0.25, -0.2) is 14.9 Å². The van der Waals surface area contributed by atoms with E-state index in [0.717, 1.165) is 11.1 Å². The highest BCUT2D eigenvalue weighted by Crippen LogP contribution is 2.29. The van der Waals surface area contributed by atoms with Gasteiger partial charge in [-0.3, -0.25) is 4.79 Å². The molecule has 1 amide bonds. The third kappa shape index (κ3) is 2.66. The van der Waals surface area contributed by atoms with Crippen molar-refractivity contribution in [1.29, 1.82) is 0 Å². The Labute approximate surface area is 143 Å². The van der Waals surface area contributed by atoms with Crippen molar-refractivity contribution < 1.29 is 4.79 Å².